The van der Waals surface area contributed by atoms with Gasteiger partial charge in [-0.3, -0.25) is 9.59 Å². The first-order valence-electron chi connectivity index (χ1n) is 9.35. The molecule has 1 atom stereocenters. The summed E-state index contributed by atoms with van der Waals surface area (Å²) in [6.07, 6.45) is -1.24. The van der Waals surface area contributed by atoms with E-state index in [1.807, 2.05) is 12.1 Å². The van der Waals surface area contributed by atoms with Crippen LogP contribution in [0.1, 0.15) is 64.8 Å². The van der Waals surface area contributed by atoms with E-state index < -0.39 is 17.8 Å². The first-order chi connectivity index (χ1) is 13.2. The molecule has 0 aliphatic heterocycles. The van der Waals surface area contributed by atoms with Crippen LogP contribution in [0, 0.1) is 0 Å². The van der Waals surface area contributed by atoms with Crippen molar-refractivity contribution in [3.05, 3.63) is 70.3 Å². The van der Waals surface area contributed by atoms with Crippen molar-refractivity contribution >= 4 is 11.7 Å². The van der Waals surface area contributed by atoms with Gasteiger partial charge in [0.15, 0.2) is 5.78 Å². The zero-order valence-electron chi connectivity index (χ0n) is 15.6. The third-order valence-corrected chi connectivity index (χ3v) is 5.09. The highest BCUT2D eigenvalue weighted by atomic mass is 19.4. The smallest absolute Gasteiger partial charge is 0.350 e. The molecule has 0 saturated heterocycles. The van der Waals surface area contributed by atoms with Gasteiger partial charge in [-0.05, 0) is 61.1 Å². The summed E-state index contributed by atoms with van der Waals surface area (Å²) in [7, 11) is 0. The Morgan fingerprint density at radius 3 is 2.54 bits per heavy atom. The molecule has 0 heterocycles. The number of aryl methyl sites for hydroxylation is 2. The fourth-order valence-corrected chi connectivity index (χ4v) is 3.50. The van der Waals surface area contributed by atoms with Gasteiger partial charge in [-0.2, -0.15) is 13.2 Å². The lowest BCUT2D eigenvalue weighted by Gasteiger charge is -2.16. The molecule has 3 nitrogen and oxygen atoms in total. The summed E-state index contributed by atoms with van der Waals surface area (Å²) < 4.78 is 38.5. The Hall–Kier alpha value is -2.63. The summed E-state index contributed by atoms with van der Waals surface area (Å²) in [6, 6.07) is 9.99. The highest BCUT2D eigenvalue weighted by Gasteiger charge is 2.30. The normalized spacial score (nSPS) is 14.4. The van der Waals surface area contributed by atoms with E-state index in [0.29, 0.717) is 11.1 Å². The molecule has 1 aliphatic carbocycles. The first kappa shape index (κ1) is 20.1. The Kier molecular flexibility index (Phi) is 5.87. The van der Waals surface area contributed by atoms with Crippen LogP contribution in [0.2, 0.25) is 0 Å². The summed E-state index contributed by atoms with van der Waals surface area (Å²) in [4.78, 5) is 24.5. The number of alkyl halides is 3. The molecular weight excluding hydrogens is 367 g/mol. The summed E-state index contributed by atoms with van der Waals surface area (Å²) in [5.41, 5.74) is 2.71. The monoisotopic (exact) mass is 389 g/mol. The van der Waals surface area contributed by atoms with Gasteiger partial charge in [-0.25, -0.2) is 0 Å². The number of benzene rings is 2. The van der Waals surface area contributed by atoms with E-state index in [1.54, 1.807) is 13.0 Å². The third-order valence-electron chi connectivity index (χ3n) is 5.09. The molecule has 3 rings (SSSR count). The molecule has 1 N–H and O–H groups in total. The Labute approximate surface area is 162 Å². The molecule has 1 unspecified atom stereocenters. The lowest BCUT2D eigenvalue weighted by atomic mass is 10.0. The maximum atomic E-state index is 12.8. The molecule has 0 radical (unpaired) electrons. The fourth-order valence-electron chi connectivity index (χ4n) is 3.50. The van der Waals surface area contributed by atoms with Crippen LogP contribution >= 0.6 is 0 Å². The number of ketones is 1. The van der Waals surface area contributed by atoms with Gasteiger partial charge in [0.1, 0.15) is 0 Å². The molecule has 0 spiro atoms. The number of carbonyl (C=O) groups is 2. The van der Waals surface area contributed by atoms with E-state index in [4.69, 9.17) is 0 Å². The van der Waals surface area contributed by atoms with Crippen LogP contribution in [-0.2, 0) is 23.8 Å². The largest absolute Gasteiger partial charge is 0.416 e. The van der Waals surface area contributed by atoms with E-state index in [9.17, 15) is 22.8 Å². The molecule has 148 valence electrons. The van der Waals surface area contributed by atoms with Gasteiger partial charge in [-0.1, -0.05) is 24.3 Å². The topological polar surface area (TPSA) is 46.2 Å². The van der Waals surface area contributed by atoms with Gasteiger partial charge in [0.2, 0.25) is 5.91 Å². The molecule has 2 aromatic carbocycles. The Balaban J connectivity index is 1.55. The van der Waals surface area contributed by atoms with Crippen LogP contribution < -0.4 is 5.32 Å². The number of halogens is 3. The van der Waals surface area contributed by atoms with Crippen molar-refractivity contribution < 1.29 is 22.8 Å². The third kappa shape index (κ3) is 4.80. The summed E-state index contributed by atoms with van der Waals surface area (Å²) in [6.45, 7) is 1.62. The minimum absolute atomic E-state index is 0.000774. The maximum absolute atomic E-state index is 12.8. The number of hydrogen-bond acceptors (Lipinski definition) is 2. The van der Waals surface area contributed by atoms with Crippen LogP contribution in [0.4, 0.5) is 13.2 Å². The molecule has 28 heavy (non-hydrogen) atoms. The summed E-state index contributed by atoms with van der Waals surface area (Å²) in [5, 5.41) is 2.66. The molecule has 0 saturated carbocycles. The zero-order chi connectivity index (χ0) is 20.3. The molecule has 6 heteroatoms. The number of rotatable bonds is 6. The number of nitrogens with one attached hydrogen (secondary N) is 1. The lowest BCUT2D eigenvalue weighted by molar-refractivity contribution is -0.137. The number of hydrogen-bond donors (Lipinski definition) is 1. The van der Waals surface area contributed by atoms with Gasteiger partial charge in [0.05, 0.1) is 11.6 Å². The SMILES string of the molecule is CC(NC(=O)CCC(=O)c1ccc2c(c1)CCC2)c1cccc(C(F)(F)F)c1. The standard InChI is InChI=1S/C22H22F3NO2/c1-14(16-5-3-7-19(13-16)22(23,24)25)26-21(28)11-10-20(27)18-9-8-15-4-2-6-17(15)12-18/h3,5,7-9,12-14H,2,4,6,10-11H2,1H3,(H,26,28). The number of Topliss-reactive ketones (excluding diaryl/α,β-unsaturated/α-hetero) is 1. The second kappa shape index (κ2) is 8.17. The lowest BCUT2D eigenvalue weighted by Crippen LogP contribution is -2.27. The molecule has 1 aliphatic rings. The quantitative estimate of drug-likeness (QED) is 0.704. The van der Waals surface area contributed by atoms with Crippen molar-refractivity contribution in [2.75, 3.05) is 0 Å². The number of amides is 1. The average molecular weight is 389 g/mol. The van der Waals surface area contributed by atoms with Crippen molar-refractivity contribution in [2.45, 2.75) is 51.2 Å². The molecule has 2 aromatic rings. The second-order valence-corrected chi connectivity index (χ2v) is 7.17. The van der Waals surface area contributed by atoms with Crippen LogP contribution in [0.3, 0.4) is 0 Å². The van der Waals surface area contributed by atoms with E-state index in [-0.39, 0.29) is 24.5 Å². The van der Waals surface area contributed by atoms with Gasteiger partial charge in [0, 0.05) is 18.4 Å². The fraction of sp³-hybridized carbons (Fsp3) is 0.364. The van der Waals surface area contributed by atoms with Gasteiger partial charge in [-0.15, -0.1) is 0 Å². The van der Waals surface area contributed by atoms with E-state index in [2.05, 4.69) is 5.32 Å². The first-order valence-corrected chi connectivity index (χ1v) is 9.35. The predicted molar refractivity (Wildman–Crippen MR) is 100 cm³/mol. The van der Waals surface area contributed by atoms with Crippen molar-refractivity contribution in [1.29, 1.82) is 0 Å². The van der Waals surface area contributed by atoms with Gasteiger partial charge < -0.3 is 5.32 Å². The molecule has 0 fully saturated rings. The molecule has 1 amide bonds. The van der Waals surface area contributed by atoms with Crippen molar-refractivity contribution in [3.8, 4) is 0 Å². The second-order valence-electron chi connectivity index (χ2n) is 7.17. The molecule has 0 bridgehead atoms. The Bertz CT molecular complexity index is 890. The minimum Gasteiger partial charge on any atom is -0.350 e. The summed E-state index contributed by atoms with van der Waals surface area (Å²) >= 11 is 0. The van der Waals surface area contributed by atoms with Crippen molar-refractivity contribution in [1.82, 2.24) is 5.32 Å². The average Bonchev–Trinajstić information content (AvgIpc) is 3.13. The highest BCUT2D eigenvalue weighted by Crippen LogP contribution is 2.30. The van der Waals surface area contributed by atoms with Crippen molar-refractivity contribution in [3.63, 3.8) is 0 Å². The molecule has 0 aromatic heterocycles. The maximum Gasteiger partial charge on any atom is 0.416 e. The minimum atomic E-state index is -4.43. The Morgan fingerprint density at radius 2 is 1.79 bits per heavy atom. The van der Waals surface area contributed by atoms with Gasteiger partial charge >= 0.3 is 6.18 Å². The van der Waals surface area contributed by atoms with Crippen LogP contribution in [-0.4, -0.2) is 11.7 Å². The number of fused-ring (bicyclic) bond motifs is 1. The summed E-state index contributed by atoms with van der Waals surface area (Å²) in [5.74, 6) is -0.462. The van der Waals surface area contributed by atoms with E-state index in [1.165, 1.54) is 23.3 Å². The van der Waals surface area contributed by atoms with Crippen LogP contribution in [0.5, 0.6) is 0 Å². The van der Waals surface area contributed by atoms with E-state index >= 15 is 0 Å². The Morgan fingerprint density at radius 1 is 1.04 bits per heavy atom. The predicted octanol–water partition coefficient (Wildman–Crippen LogP) is 5.03. The highest BCUT2D eigenvalue weighted by molar-refractivity contribution is 5.98. The number of carbonyl (C=O) groups excluding carboxylic acids is 2. The van der Waals surface area contributed by atoms with Crippen LogP contribution in [0.25, 0.3) is 0 Å². The van der Waals surface area contributed by atoms with Crippen LogP contribution in [0.15, 0.2) is 42.5 Å². The van der Waals surface area contributed by atoms with Crippen molar-refractivity contribution in [2.24, 2.45) is 0 Å². The van der Waals surface area contributed by atoms with Gasteiger partial charge in [0.25, 0.3) is 0 Å². The van der Waals surface area contributed by atoms with E-state index in [0.717, 1.165) is 31.4 Å². The zero-order valence-corrected chi connectivity index (χ0v) is 15.6. The molecular formula is C22H22F3NO2.